The van der Waals surface area contributed by atoms with Gasteiger partial charge in [0.1, 0.15) is 5.56 Å². The van der Waals surface area contributed by atoms with E-state index >= 15 is 0 Å². The van der Waals surface area contributed by atoms with E-state index in [1.54, 1.807) is 0 Å². The summed E-state index contributed by atoms with van der Waals surface area (Å²) < 4.78 is 4.48. The maximum absolute atomic E-state index is 12.2. The van der Waals surface area contributed by atoms with Gasteiger partial charge in [-0.1, -0.05) is 23.2 Å². The fourth-order valence-corrected chi connectivity index (χ4v) is 2.29. The summed E-state index contributed by atoms with van der Waals surface area (Å²) >= 11 is 11.8. The number of anilines is 1. The standard InChI is InChI=1S/C15H10Cl2N2O5/c1-24-15(21)10-4-3-9(7-13(10)19(22)23)18-14(20)11-6-8(16)2-5-12(11)17/h2-7H,1H3,(H,18,20). The SMILES string of the molecule is COC(=O)c1ccc(NC(=O)c2cc(Cl)ccc2Cl)cc1[N+](=O)[O-]. The predicted molar refractivity (Wildman–Crippen MR) is 88.9 cm³/mol. The molecule has 0 heterocycles. The lowest BCUT2D eigenvalue weighted by molar-refractivity contribution is -0.385. The summed E-state index contributed by atoms with van der Waals surface area (Å²) in [5, 5.41) is 14.1. The first kappa shape index (κ1) is 17.7. The molecule has 2 rings (SSSR count). The minimum Gasteiger partial charge on any atom is -0.465 e. The summed E-state index contributed by atoms with van der Waals surface area (Å²) in [6, 6.07) is 7.95. The van der Waals surface area contributed by atoms with Gasteiger partial charge in [-0.3, -0.25) is 14.9 Å². The van der Waals surface area contributed by atoms with Gasteiger partial charge in [0.15, 0.2) is 0 Å². The highest BCUT2D eigenvalue weighted by molar-refractivity contribution is 6.36. The molecule has 0 fully saturated rings. The number of nitrogens with one attached hydrogen (secondary N) is 1. The van der Waals surface area contributed by atoms with E-state index in [2.05, 4.69) is 10.1 Å². The van der Waals surface area contributed by atoms with Crippen LogP contribution in [0, 0.1) is 10.1 Å². The van der Waals surface area contributed by atoms with Crippen molar-refractivity contribution < 1.29 is 19.2 Å². The molecule has 9 heteroatoms. The third kappa shape index (κ3) is 3.81. The molecule has 124 valence electrons. The summed E-state index contributed by atoms with van der Waals surface area (Å²) in [6.07, 6.45) is 0. The van der Waals surface area contributed by atoms with E-state index in [1.165, 1.54) is 30.3 Å². The van der Waals surface area contributed by atoms with Crippen molar-refractivity contribution in [3.05, 3.63) is 67.7 Å². The summed E-state index contributed by atoms with van der Waals surface area (Å²) in [5.41, 5.74) is -0.475. The molecule has 0 saturated heterocycles. The van der Waals surface area contributed by atoms with Gasteiger partial charge in [0.05, 0.1) is 22.6 Å². The molecule has 24 heavy (non-hydrogen) atoms. The number of benzene rings is 2. The number of amides is 1. The molecule has 0 aromatic heterocycles. The third-order valence-corrected chi connectivity index (χ3v) is 3.60. The molecule has 2 aromatic carbocycles. The quantitative estimate of drug-likeness (QED) is 0.500. The zero-order valence-electron chi connectivity index (χ0n) is 12.2. The highest BCUT2D eigenvalue weighted by Gasteiger charge is 2.22. The van der Waals surface area contributed by atoms with E-state index in [0.29, 0.717) is 5.02 Å². The molecule has 0 atom stereocenters. The van der Waals surface area contributed by atoms with Crippen molar-refractivity contribution in [2.45, 2.75) is 0 Å². The van der Waals surface area contributed by atoms with Crippen LogP contribution in [0.1, 0.15) is 20.7 Å². The lowest BCUT2D eigenvalue weighted by Gasteiger charge is -2.08. The van der Waals surface area contributed by atoms with Crippen molar-refractivity contribution in [3.63, 3.8) is 0 Å². The minimum atomic E-state index is -0.850. The zero-order valence-corrected chi connectivity index (χ0v) is 13.7. The lowest BCUT2D eigenvalue weighted by Crippen LogP contribution is -2.13. The molecule has 0 radical (unpaired) electrons. The summed E-state index contributed by atoms with van der Waals surface area (Å²) in [5.74, 6) is -1.44. The van der Waals surface area contributed by atoms with E-state index < -0.39 is 22.5 Å². The van der Waals surface area contributed by atoms with Crippen LogP contribution in [0.5, 0.6) is 0 Å². The third-order valence-electron chi connectivity index (χ3n) is 3.03. The number of halogens is 2. The normalized spacial score (nSPS) is 10.1. The van der Waals surface area contributed by atoms with Gasteiger partial charge < -0.3 is 10.1 Å². The van der Waals surface area contributed by atoms with Gasteiger partial charge in [-0.2, -0.15) is 0 Å². The molecule has 7 nitrogen and oxygen atoms in total. The second-order valence-corrected chi connectivity index (χ2v) is 5.40. The van der Waals surface area contributed by atoms with E-state index in [4.69, 9.17) is 23.2 Å². The smallest absolute Gasteiger partial charge is 0.344 e. The Morgan fingerprint density at radius 3 is 2.46 bits per heavy atom. The Bertz CT molecular complexity index is 839. The Balaban J connectivity index is 2.35. The Labute approximate surface area is 146 Å². The van der Waals surface area contributed by atoms with Gasteiger partial charge in [0.2, 0.25) is 0 Å². The molecule has 0 aliphatic heterocycles. The molecule has 0 unspecified atom stereocenters. The van der Waals surface area contributed by atoms with Gasteiger partial charge in [-0.15, -0.1) is 0 Å². The largest absolute Gasteiger partial charge is 0.465 e. The summed E-state index contributed by atoms with van der Waals surface area (Å²) in [6.45, 7) is 0. The molecule has 0 aliphatic carbocycles. The van der Waals surface area contributed by atoms with Crippen molar-refractivity contribution in [1.82, 2.24) is 0 Å². The molecule has 1 amide bonds. The van der Waals surface area contributed by atoms with Crippen molar-refractivity contribution >= 4 is 46.5 Å². The van der Waals surface area contributed by atoms with E-state index in [0.717, 1.165) is 13.2 Å². The highest BCUT2D eigenvalue weighted by Crippen LogP contribution is 2.26. The van der Waals surface area contributed by atoms with Crippen molar-refractivity contribution in [2.75, 3.05) is 12.4 Å². The number of nitro benzene ring substituents is 1. The predicted octanol–water partition coefficient (Wildman–Crippen LogP) is 3.94. The molecular formula is C15H10Cl2N2O5. The highest BCUT2D eigenvalue weighted by atomic mass is 35.5. The van der Waals surface area contributed by atoms with Crippen LogP contribution in [-0.4, -0.2) is 23.9 Å². The van der Waals surface area contributed by atoms with E-state index in [9.17, 15) is 19.7 Å². The van der Waals surface area contributed by atoms with Crippen LogP contribution < -0.4 is 5.32 Å². The number of methoxy groups -OCH3 is 1. The first-order chi connectivity index (χ1) is 11.3. The number of nitrogens with zero attached hydrogens (tertiary/aromatic N) is 1. The number of hydrogen-bond acceptors (Lipinski definition) is 5. The monoisotopic (exact) mass is 368 g/mol. The van der Waals surface area contributed by atoms with Crippen LogP contribution >= 0.6 is 23.2 Å². The van der Waals surface area contributed by atoms with Crippen molar-refractivity contribution in [2.24, 2.45) is 0 Å². The van der Waals surface area contributed by atoms with E-state index in [1.807, 2.05) is 0 Å². The van der Waals surface area contributed by atoms with Crippen LogP contribution in [0.4, 0.5) is 11.4 Å². The molecule has 2 aromatic rings. The maximum atomic E-state index is 12.2. The minimum absolute atomic E-state index is 0.115. The molecule has 0 saturated carbocycles. The lowest BCUT2D eigenvalue weighted by atomic mass is 10.1. The summed E-state index contributed by atoms with van der Waals surface area (Å²) in [4.78, 5) is 34.1. The first-order valence-corrected chi connectivity index (χ1v) is 7.22. The maximum Gasteiger partial charge on any atom is 0.344 e. The van der Waals surface area contributed by atoms with Gasteiger partial charge in [-0.05, 0) is 30.3 Å². The molecule has 0 bridgehead atoms. The first-order valence-electron chi connectivity index (χ1n) is 6.46. The number of hydrogen-bond donors (Lipinski definition) is 1. The Kier molecular flexibility index (Phi) is 5.38. The Hall–Kier alpha value is -2.64. The summed E-state index contributed by atoms with van der Waals surface area (Å²) in [7, 11) is 1.11. The van der Waals surface area contributed by atoms with Crippen LogP contribution in [0.15, 0.2) is 36.4 Å². The van der Waals surface area contributed by atoms with Gasteiger partial charge in [0, 0.05) is 16.8 Å². The van der Waals surface area contributed by atoms with Crippen molar-refractivity contribution in [3.8, 4) is 0 Å². The molecular weight excluding hydrogens is 359 g/mol. The van der Waals surface area contributed by atoms with Crippen LogP contribution in [0.3, 0.4) is 0 Å². The second kappa shape index (κ2) is 7.29. The average molecular weight is 369 g/mol. The Morgan fingerprint density at radius 1 is 1.12 bits per heavy atom. The van der Waals surface area contributed by atoms with Gasteiger partial charge in [0.25, 0.3) is 11.6 Å². The topological polar surface area (TPSA) is 98.5 Å². The number of esters is 1. The molecule has 0 aliphatic rings. The van der Waals surface area contributed by atoms with Crippen LogP contribution in [-0.2, 0) is 4.74 Å². The molecule has 1 N–H and O–H groups in total. The van der Waals surface area contributed by atoms with Crippen molar-refractivity contribution in [1.29, 1.82) is 0 Å². The van der Waals surface area contributed by atoms with Crippen LogP contribution in [0.2, 0.25) is 10.0 Å². The zero-order chi connectivity index (χ0) is 17.9. The fourth-order valence-electron chi connectivity index (χ4n) is 1.91. The second-order valence-electron chi connectivity index (χ2n) is 4.56. The fraction of sp³-hybridized carbons (Fsp3) is 0.0667. The van der Waals surface area contributed by atoms with E-state index in [-0.39, 0.29) is 21.8 Å². The molecule has 0 spiro atoms. The number of ether oxygens (including phenoxy) is 1. The number of nitro groups is 1. The van der Waals surface area contributed by atoms with Crippen LogP contribution in [0.25, 0.3) is 0 Å². The number of carbonyl (C=O) groups excluding carboxylic acids is 2. The van der Waals surface area contributed by atoms with Gasteiger partial charge in [-0.25, -0.2) is 4.79 Å². The number of carbonyl (C=O) groups is 2. The van der Waals surface area contributed by atoms with Gasteiger partial charge >= 0.3 is 5.97 Å². The Morgan fingerprint density at radius 2 is 1.83 bits per heavy atom. The average Bonchev–Trinajstić information content (AvgIpc) is 2.56. The number of rotatable bonds is 4.